The van der Waals surface area contributed by atoms with Gasteiger partial charge in [-0.15, -0.1) is 0 Å². The second-order valence-electron chi connectivity index (χ2n) is 2.39. The maximum absolute atomic E-state index is 12.8. The Morgan fingerprint density at radius 1 is 1.54 bits per heavy atom. The summed E-state index contributed by atoms with van der Waals surface area (Å²) < 4.78 is 30.2. The van der Waals surface area contributed by atoms with Crippen LogP contribution < -0.4 is 4.74 Å². The predicted octanol–water partition coefficient (Wildman–Crippen LogP) is 2.37. The largest absolute Gasteiger partial charge is 0.494 e. The third-order valence-corrected chi connectivity index (χ3v) is 1.58. The molecule has 0 fully saturated rings. The summed E-state index contributed by atoms with van der Waals surface area (Å²) in [6, 6.07) is 4.86. The minimum atomic E-state index is -1.74. The third kappa shape index (κ3) is 1.94. The van der Waals surface area contributed by atoms with Crippen LogP contribution in [0.1, 0.15) is 11.7 Å². The van der Waals surface area contributed by atoms with Gasteiger partial charge >= 0.3 is 0 Å². The van der Waals surface area contributed by atoms with E-state index in [1.807, 2.05) is 0 Å². The highest BCUT2D eigenvalue weighted by molar-refractivity contribution is 5.33. The number of benzene rings is 1. The average Bonchev–Trinajstić information content (AvgIpc) is 2.17. The molecular formula is C9H7F2NO. The van der Waals surface area contributed by atoms with E-state index in [9.17, 15) is 8.78 Å². The fourth-order valence-electron chi connectivity index (χ4n) is 0.909. The Hall–Kier alpha value is -1.63. The molecule has 0 heterocycles. The van der Waals surface area contributed by atoms with Gasteiger partial charge in [-0.05, 0) is 12.1 Å². The Kier molecular flexibility index (Phi) is 2.80. The predicted molar refractivity (Wildman–Crippen MR) is 42.4 cm³/mol. The van der Waals surface area contributed by atoms with Crippen molar-refractivity contribution in [1.29, 1.82) is 5.26 Å². The number of ether oxygens (including phenoxy) is 1. The van der Waals surface area contributed by atoms with E-state index in [-0.39, 0.29) is 11.3 Å². The van der Waals surface area contributed by atoms with Crippen molar-refractivity contribution in [1.82, 2.24) is 0 Å². The van der Waals surface area contributed by atoms with Crippen molar-refractivity contribution in [3.05, 3.63) is 29.6 Å². The van der Waals surface area contributed by atoms with Crippen LogP contribution in [0.3, 0.4) is 0 Å². The van der Waals surface area contributed by atoms with Crippen molar-refractivity contribution in [3.8, 4) is 11.8 Å². The molecule has 1 aromatic rings. The molecule has 0 aromatic heterocycles. The van der Waals surface area contributed by atoms with Gasteiger partial charge in [-0.3, -0.25) is 0 Å². The molecule has 1 atom stereocenters. The molecule has 0 radical (unpaired) electrons. The van der Waals surface area contributed by atoms with Crippen LogP contribution in [0.25, 0.3) is 0 Å². The molecule has 0 aliphatic carbocycles. The number of nitriles is 1. The lowest BCUT2D eigenvalue weighted by Gasteiger charge is -2.04. The highest BCUT2D eigenvalue weighted by atomic mass is 19.1. The van der Waals surface area contributed by atoms with Crippen LogP contribution in [-0.4, -0.2) is 7.11 Å². The second-order valence-corrected chi connectivity index (χ2v) is 2.39. The van der Waals surface area contributed by atoms with Crippen molar-refractivity contribution in [2.45, 2.75) is 6.17 Å². The van der Waals surface area contributed by atoms with Gasteiger partial charge in [-0.2, -0.15) is 5.26 Å². The maximum Gasteiger partial charge on any atom is 0.211 e. The first-order valence-corrected chi connectivity index (χ1v) is 3.56. The Labute approximate surface area is 74.4 Å². The van der Waals surface area contributed by atoms with Crippen LogP contribution in [0, 0.1) is 17.1 Å². The molecule has 4 heteroatoms. The van der Waals surface area contributed by atoms with Crippen molar-refractivity contribution in [2.75, 3.05) is 7.11 Å². The van der Waals surface area contributed by atoms with Crippen LogP contribution in [-0.2, 0) is 0 Å². The van der Waals surface area contributed by atoms with Crippen molar-refractivity contribution < 1.29 is 13.5 Å². The minimum Gasteiger partial charge on any atom is -0.494 e. The lowest BCUT2D eigenvalue weighted by molar-refractivity contribution is 0.380. The quantitative estimate of drug-likeness (QED) is 0.705. The van der Waals surface area contributed by atoms with E-state index in [0.29, 0.717) is 0 Å². The van der Waals surface area contributed by atoms with Crippen molar-refractivity contribution >= 4 is 0 Å². The smallest absolute Gasteiger partial charge is 0.211 e. The maximum atomic E-state index is 12.8. The Morgan fingerprint density at radius 3 is 2.77 bits per heavy atom. The van der Waals surface area contributed by atoms with Crippen LogP contribution >= 0.6 is 0 Å². The lowest BCUT2D eigenvalue weighted by atomic mass is 10.1. The Morgan fingerprint density at radius 2 is 2.23 bits per heavy atom. The molecule has 0 aliphatic rings. The molecular weight excluding hydrogens is 176 g/mol. The summed E-state index contributed by atoms with van der Waals surface area (Å²) >= 11 is 0. The zero-order valence-corrected chi connectivity index (χ0v) is 6.92. The summed E-state index contributed by atoms with van der Waals surface area (Å²) in [7, 11) is 1.28. The number of halogens is 2. The molecule has 0 saturated carbocycles. The van der Waals surface area contributed by atoms with Gasteiger partial charge in [0.15, 0.2) is 11.6 Å². The first-order valence-electron chi connectivity index (χ1n) is 3.56. The highest BCUT2D eigenvalue weighted by Crippen LogP contribution is 2.23. The van der Waals surface area contributed by atoms with Crippen LogP contribution in [0.4, 0.5) is 8.78 Å². The first kappa shape index (κ1) is 9.46. The van der Waals surface area contributed by atoms with Gasteiger partial charge in [-0.1, -0.05) is 6.07 Å². The number of rotatable bonds is 2. The normalized spacial score (nSPS) is 11.8. The van der Waals surface area contributed by atoms with E-state index in [0.717, 1.165) is 6.07 Å². The van der Waals surface area contributed by atoms with Crippen LogP contribution in [0.2, 0.25) is 0 Å². The number of hydrogen-bond donors (Lipinski definition) is 0. The molecule has 0 bridgehead atoms. The third-order valence-electron chi connectivity index (χ3n) is 1.58. The molecule has 1 unspecified atom stereocenters. The fourth-order valence-corrected chi connectivity index (χ4v) is 0.909. The van der Waals surface area contributed by atoms with Crippen molar-refractivity contribution in [3.63, 3.8) is 0 Å². The molecule has 13 heavy (non-hydrogen) atoms. The monoisotopic (exact) mass is 183 g/mol. The van der Waals surface area contributed by atoms with Crippen LogP contribution in [0.15, 0.2) is 18.2 Å². The van der Waals surface area contributed by atoms with Gasteiger partial charge in [-0.25, -0.2) is 8.78 Å². The summed E-state index contributed by atoms with van der Waals surface area (Å²) in [4.78, 5) is 0. The van der Waals surface area contributed by atoms with Gasteiger partial charge in [0.2, 0.25) is 6.17 Å². The number of nitrogens with zero attached hydrogens (tertiary/aromatic N) is 1. The SMILES string of the molecule is COc1cc(C(F)C#N)ccc1F. The Balaban J connectivity index is 3.08. The van der Waals surface area contributed by atoms with E-state index in [1.54, 1.807) is 0 Å². The van der Waals surface area contributed by atoms with Gasteiger partial charge < -0.3 is 4.74 Å². The minimum absolute atomic E-state index is 0.0598. The molecule has 68 valence electrons. The van der Waals surface area contributed by atoms with E-state index in [1.165, 1.54) is 25.3 Å². The van der Waals surface area contributed by atoms with Crippen LogP contribution in [0.5, 0.6) is 5.75 Å². The number of hydrogen-bond acceptors (Lipinski definition) is 2. The van der Waals surface area contributed by atoms with Crippen molar-refractivity contribution in [2.24, 2.45) is 0 Å². The molecule has 0 amide bonds. The van der Waals surface area contributed by atoms with Gasteiger partial charge in [0.1, 0.15) is 6.07 Å². The van der Waals surface area contributed by atoms with E-state index >= 15 is 0 Å². The zero-order valence-electron chi connectivity index (χ0n) is 6.92. The molecule has 1 rings (SSSR count). The van der Waals surface area contributed by atoms with E-state index < -0.39 is 12.0 Å². The second kappa shape index (κ2) is 3.85. The molecule has 0 saturated heterocycles. The van der Waals surface area contributed by atoms with Gasteiger partial charge in [0.05, 0.1) is 7.11 Å². The molecule has 0 aliphatic heterocycles. The number of methoxy groups -OCH3 is 1. The van der Waals surface area contributed by atoms with E-state index in [4.69, 9.17) is 5.26 Å². The zero-order chi connectivity index (χ0) is 9.84. The summed E-state index contributed by atoms with van der Waals surface area (Å²) in [6.45, 7) is 0. The highest BCUT2D eigenvalue weighted by Gasteiger charge is 2.11. The number of alkyl halides is 1. The topological polar surface area (TPSA) is 33.0 Å². The summed E-state index contributed by atoms with van der Waals surface area (Å²) in [5.74, 6) is -0.633. The average molecular weight is 183 g/mol. The molecule has 1 aromatic carbocycles. The summed E-state index contributed by atoms with van der Waals surface area (Å²) in [5.41, 5.74) is 0.0979. The molecule has 2 nitrogen and oxygen atoms in total. The van der Waals surface area contributed by atoms with Gasteiger partial charge in [0.25, 0.3) is 0 Å². The molecule has 0 N–H and O–H groups in total. The summed E-state index contributed by atoms with van der Waals surface area (Å²) in [5, 5.41) is 8.26. The summed E-state index contributed by atoms with van der Waals surface area (Å²) in [6.07, 6.45) is -1.74. The van der Waals surface area contributed by atoms with Gasteiger partial charge in [0, 0.05) is 5.56 Å². The Bertz CT molecular complexity index is 346. The van der Waals surface area contributed by atoms with E-state index in [2.05, 4.69) is 4.74 Å². The lowest BCUT2D eigenvalue weighted by Crippen LogP contribution is -1.92. The molecule has 0 spiro atoms. The first-order chi connectivity index (χ1) is 6.19. The fraction of sp³-hybridized carbons (Fsp3) is 0.222. The standard InChI is InChI=1S/C9H7F2NO/c1-13-9-4-6(8(11)5-12)2-3-7(9)10/h2-4,8H,1H3.